The highest BCUT2D eigenvalue weighted by molar-refractivity contribution is 6.31. The Kier molecular flexibility index (Phi) is 5.76. The van der Waals surface area contributed by atoms with E-state index in [9.17, 15) is 9.59 Å². The predicted molar refractivity (Wildman–Crippen MR) is 90.6 cm³/mol. The number of hydrogen-bond acceptors (Lipinski definition) is 5. The Bertz CT molecular complexity index is 783. The maximum atomic E-state index is 11.9. The average molecular weight is 349 g/mol. The Hall–Kier alpha value is -2.60. The van der Waals surface area contributed by atoms with Crippen molar-refractivity contribution in [2.24, 2.45) is 0 Å². The summed E-state index contributed by atoms with van der Waals surface area (Å²) in [5.41, 5.74) is 1.71. The Morgan fingerprint density at radius 3 is 2.71 bits per heavy atom. The molecule has 1 heterocycles. The molecular weight excluding hydrogens is 332 g/mol. The molecule has 1 aromatic carbocycles. The van der Waals surface area contributed by atoms with Crippen LogP contribution in [0.2, 0.25) is 5.02 Å². The van der Waals surface area contributed by atoms with Gasteiger partial charge in [-0.15, -0.1) is 0 Å². The van der Waals surface area contributed by atoms with E-state index in [4.69, 9.17) is 20.9 Å². The van der Waals surface area contributed by atoms with E-state index < -0.39 is 18.0 Å². The van der Waals surface area contributed by atoms with Gasteiger partial charge in [0.25, 0.3) is 5.91 Å². The fourth-order valence-electron chi connectivity index (χ4n) is 1.80. The Morgan fingerprint density at radius 2 is 2.08 bits per heavy atom. The van der Waals surface area contributed by atoms with Crippen molar-refractivity contribution in [1.29, 1.82) is 0 Å². The lowest BCUT2D eigenvalue weighted by atomic mass is 10.1. The number of nitrogens with zero attached hydrogens (tertiary/aromatic N) is 1. The third-order valence-electron chi connectivity index (χ3n) is 3.15. The summed E-state index contributed by atoms with van der Waals surface area (Å²) in [4.78, 5) is 23.7. The molecule has 0 bridgehead atoms. The van der Waals surface area contributed by atoms with Gasteiger partial charge < -0.3 is 14.6 Å². The quantitative estimate of drug-likeness (QED) is 0.660. The van der Waals surface area contributed by atoms with Crippen molar-refractivity contribution in [3.63, 3.8) is 0 Å². The molecule has 2 aromatic rings. The van der Waals surface area contributed by atoms with E-state index >= 15 is 0 Å². The highest BCUT2D eigenvalue weighted by atomic mass is 35.5. The summed E-state index contributed by atoms with van der Waals surface area (Å²) in [5.74, 6) is -0.297. The molecule has 24 heavy (non-hydrogen) atoms. The topological polar surface area (TPSA) is 81.4 Å². The monoisotopic (exact) mass is 348 g/mol. The number of hydrogen-bond donors (Lipinski definition) is 1. The first-order valence-electron chi connectivity index (χ1n) is 7.24. The molecule has 0 radical (unpaired) electrons. The maximum absolute atomic E-state index is 11.9. The normalized spacial score (nSPS) is 12.2. The molecule has 0 saturated heterocycles. The number of carbonyl (C=O) groups is 2. The lowest BCUT2D eigenvalue weighted by Gasteiger charge is -2.10. The molecule has 0 unspecified atom stereocenters. The van der Waals surface area contributed by atoms with Crippen molar-refractivity contribution in [2.75, 3.05) is 5.32 Å². The summed E-state index contributed by atoms with van der Waals surface area (Å²) in [6.45, 7) is 5.06. The molecular formula is C17H17ClN2O4. The van der Waals surface area contributed by atoms with Crippen LogP contribution in [-0.4, -0.2) is 23.1 Å². The molecule has 1 aromatic heterocycles. The van der Waals surface area contributed by atoms with Crippen molar-refractivity contribution < 1.29 is 18.8 Å². The van der Waals surface area contributed by atoms with Gasteiger partial charge in [-0.1, -0.05) is 28.9 Å². The second-order valence-electron chi connectivity index (χ2n) is 5.23. The van der Waals surface area contributed by atoms with E-state index in [1.807, 2.05) is 19.1 Å². The van der Waals surface area contributed by atoms with Crippen LogP contribution >= 0.6 is 11.6 Å². The molecule has 6 nitrogen and oxygen atoms in total. The molecule has 1 amide bonds. The minimum Gasteiger partial charge on any atom is -0.449 e. The molecule has 126 valence electrons. The first-order chi connectivity index (χ1) is 11.3. The zero-order valence-corrected chi connectivity index (χ0v) is 14.3. The van der Waals surface area contributed by atoms with Gasteiger partial charge in [0, 0.05) is 17.2 Å². The average Bonchev–Trinajstić information content (AvgIpc) is 2.93. The molecule has 0 fully saturated rings. The number of amides is 1. The van der Waals surface area contributed by atoms with Gasteiger partial charge in [-0.05, 0) is 44.0 Å². The lowest BCUT2D eigenvalue weighted by molar-refractivity contribution is -0.148. The molecule has 0 aliphatic carbocycles. The number of rotatable bonds is 5. The van der Waals surface area contributed by atoms with Crippen LogP contribution in [0, 0.1) is 13.8 Å². The zero-order chi connectivity index (χ0) is 17.7. The van der Waals surface area contributed by atoms with E-state index in [-0.39, 0.29) is 5.82 Å². The van der Waals surface area contributed by atoms with Crippen molar-refractivity contribution >= 4 is 35.4 Å². The minimum atomic E-state index is -0.972. The number of aryl methyl sites for hydroxylation is 2. The SMILES string of the molecule is Cc1cc(NC(=O)[C@H](C)OC(=O)/C=C/c2ccc(C)c(Cl)c2)no1. The van der Waals surface area contributed by atoms with Crippen LogP contribution in [0.25, 0.3) is 6.08 Å². The second-order valence-corrected chi connectivity index (χ2v) is 5.64. The first kappa shape index (κ1) is 17.7. The number of anilines is 1. The number of carbonyl (C=O) groups excluding carboxylic acids is 2. The number of benzene rings is 1. The van der Waals surface area contributed by atoms with Gasteiger partial charge in [0.1, 0.15) is 5.76 Å². The van der Waals surface area contributed by atoms with Gasteiger partial charge in [-0.2, -0.15) is 0 Å². The Labute approximate surface area is 144 Å². The predicted octanol–water partition coefficient (Wildman–Crippen LogP) is 3.53. The van der Waals surface area contributed by atoms with E-state index in [0.29, 0.717) is 10.8 Å². The van der Waals surface area contributed by atoms with Crippen LogP contribution in [0.1, 0.15) is 23.8 Å². The van der Waals surface area contributed by atoms with Crippen LogP contribution in [-0.2, 0) is 14.3 Å². The number of halogens is 1. The minimum absolute atomic E-state index is 0.269. The van der Waals surface area contributed by atoms with Gasteiger partial charge >= 0.3 is 5.97 Å². The fourth-order valence-corrected chi connectivity index (χ4v) is 1.99. The summed E-state index contributed by atoms with van der Waals surface area (Å²) < 4.78 is 9.88. The fraction of sp³-hybridized carbons (Fsp3) is 0.235. The van der Waals surface area contributed by atoms with Gasteiger partial charge in [0.15, 0.2) is 11.9 Å². The summed E-state index contributed by atoms with van der Waals surface area (Å²) in [7, 11) is 0. The molecule has 0 spiro atoms. The van der Waals surface area contributed by atoms with Gasteiger partial charge in [0.2, 0.25) is 0 Å². The summed E-state index contributed by atoms with van der Waals surface area (Å²) in [6, 6.07) is 6.98. The highest BCUT2D eigenvalue weighted by Gasteiger charge is 2.17. The van der Waals surface area contributed by atoms with E-state index in [1.54, 1.807) is 25.1 Å². The van der Waals surface area contributed by atoms with Crippen molar-refractivity contribution in [1.82, 2.24) is 5.16 Å². The lowest BCUT2D eigenvalue weighted by Crippen LogP contribution is -2.29. The van der Waals surface area contributed by atoms with Gasteiger partial charge in [0.05, 0.1) is 0 Å². The summed E-state index contributed by atoms with van der Waals surface area (Å²) in [5, 5.41) is 6.74. The van der Waals surface area contributed by atoms with Crippen LogP contribution in [0.15, 0.2) is 34.9 Å². The van der Waals surface area contributed by atoms with Crippen LogP contribution < -0.4 is 5.32 Å². The van der Waals surface area contributed by atoms with Crippen molar-refractivity contribution in [3.8, 4) is 0 Å². The van der Waals surface area contributed by atoms with Crippen molar-refractivity contribution in [3.05, 3.63) is 52.3 Å². The zero-order valence-electron chi connectivity index (χ0n) is 13.5. The largest absolute Gasteiger partial charge is 0.449 e. The van der Waals surface area contributed by atoms with E-state index in [0.717, 1.165) is 11.1 Å². The first-order valence-corrected chi connectivity index (χ1v) is 7.62. The maximum Gasteiger partial charge on any atom is 0.331 e. The second kappa shape index (κ2) is 7.79. The number of ether oxygens (including phenoxy) is 1. The molecule has 1 atom stereocenters. The molecule has 1 N–H and O–H groups in total. The standard InChI is InChI=1S/C17H17ClN2O4/c1-10-4-5-13(9-14(10)18)6-7-16(21)23-12(3)17(22)19-15-8-11(2)24-20-15/h4-9,12H,1-3H3,(H,19,20,22)/b7-6+/t12-/m0/s1. The van der Waals surface area contributed by atoms with Gasteiger partial charge in [-0.3, -0.25) is 4.79 Å². The Morgan fingerprint density at radius 1 is 1.33 bits per heavy atom. The molecule has 0 saturated carbocycles. The summed E-state index contributed by atoms with van der Waals surface area (Å²) >= 11 is 6.02. The number of nitrogens with one attached hydrogen (secondary N) is 1. The molecule has 2 rings (SSSR count). The van der Waals surface area contributed by atoms with Crippen LogP contribution in [0.4, 0.5) is 5.82 Å². The van der Waals surface area contributed by atoms with E-state index in [1.165, 1.54) is 13.0 Å². The molecule has 0 aliphatic rings. The Balaban J connectivity index is 1.89. The van der Waals surface area contributed by atoms with Crippen molar-refractivity contribution in [2.45, 2.75) is 26.9 Å². The number of aromatic nitrogens is 1. The molecule has 0 aliphatic heterocycles. The number of esters is 1. The summed E-state index contributed by atoms with van der Waals surface area (Å²) in [6.07, 6.45) is 1.84. The van der Waals surface area contributed by atoms with E-state index in [2.05, 4.69) is 10.5 Å². The van der Waals surface area contributed by atoms with Crippen LogP contribution in [0.5, 0.6) is 0 Å². The third kappa shape index (κ3) is 4.96. The smallest absolute Gasteiger partial charge is 0.331 e. The third-order valence-corrected chi connectivity index (χ3v) is 3.56. The highest BCUT2D eigenvalue weighted by Crippen LogP contribution is 2.17. The van der Waals surface area contributed by atoms with Crippen LogP contribution in [0.3, 0.4) is 0 Å². The molecule has 7 heteroatoms. The van der Waals surface area contributed by atoms with Gasteiger partial charge in [-0.25, -0.2) is 4.79 Å².